The van der Waals surface area contributed by atoms with E-state index in [0.29, 0.717) is 0 Å². The first-order valence-corrected chi connectivity index (χ1v) is 6.76. The molecule has 1 amide bonds. The minimum Gasteiger partial charge on any atom is -0.379 e. The Balaban J connectivity index is 2.05. The van der Waals surface area contributed by atoms with Crippen molar-refractivity contribution in [2.45, 2.75) is 6.42 Å². The third kappa shape index (κ3) is 7.61. The lowest BCUT2D eigenvalue weighted by Crippen LogP contribution is -2.39. The Morgan fingerprint density at radius 3 is 2.85 bits per heavy atom. The number of nitrogens with zero attached hydrogens (tertiary/aromatic N) is 2. The topological polar surface area (TPSA) is 92.0 Å². The number of carbonyl (C=O) groups is 1. The zero-order valence-electron chi connectivity index (χ0n) is 11.7. The van der Waals surface area contributed by atoms with Gasteiger partial charge in [-0.1, -0.05) is 5.92 Å². The van der Waals surface area contributed by atoms with Gasteiger partial charge < -0.3 is 21.1 Å². The van der Waals surface area contributed by atoms with Crippen LogP contribution in [0.25, 0.3) is 0 Å². The van der Waals surface area contributed by atoms with Crippen molar-refractivity contribution in [2.24, 2.45) is 10.7 Å². The number of hydrogen-bond acceptors (Lipinski definition) is 4. The number of ether oxygens (including phenoxy) is 1. The van der Waals surface area contributed by atoms with Crippen LogP contribution in [-0.2, 0) is 9.53 Å². The summed E-state index contributed by atoms with van der Waals surface area (Å²) in [5, 5.41) is 5.50. The predicted octanol–water partition coefficient (Wildman–Crippen LogP) is -1.64. The number of nitrogens with two attached hydrogens (primary N) is 1. The summed E-state index contributed by atoms with van der Waals surface area (Å²) in [6, 6.07) is 0. The van der Waals surface area contributed by atoms with Crippen molar-refractivity contribution >= 4 is 11.9 Å². The smallest absolute Gasteiger partial charge is 0.242 e. The highest BCUT2D eigenvalue weighted by molar-refractivity contribution is 5.83. The quantitative estimate of drug-likeness (QED) is 0.225. The van der Waals surface area contributed by atoms with Gasteiger partial charge in [-0.15, -0.1) is 6.42 Å². The van der Waals surface area contributed by atoms with Gasteiger partial charge in [-0.05, 0) is 13.0 Å². The van der Waals surface area contributed by atoms with Gasteiger partial charge in [-0.25, -0.2) is 4.99 Å². The molecule has 0 aromatic rings. The fourth-order valence-corrected chi connectivity index (χ4v) is 1.76. The van der Waals surface area contributed by atoms with E-state index in [-0.39, 0.29) is 25.0 Å². The van der Waals surface area contributed by atoms with Crippen LogP contribution in [0.15, 0.2) is 4.99 Å². The summed E-state index contributed by atoms with van der Waals surface area (Å²) in [4.78, 5) is 17.5. The molecule has 0 atom stereocenters. The fourth-order valence-electron chi connectivity index (χ4n) is 1.76. The summed E-state index contributed by atoms with van der Waals surface area (Å²) in [5.74, 6) is 2.36. The van der Waals surface area contributed by atoms with Crippen molar-refractivity contribution < 1.29 is 9.53 Å². The summed E-state index contributed by atoms with van der Waals surface area (Å²) >= 11 is 0. The molecule has 0 aliphatic carbocycles. The van der Waals surface area contributed by atoms with Crippen LogP contribution in [0.2, 0.25) is 0 Å². The molecule has 0 saturated carbocycles. The van der Waals surface area contributed by atoms with Crippen molar-refractivity contribution in [3.8, 4) is 12.3 Å². The Hall–Kier alpha value is -1.78. The van der Waals surface area contributed by atoms with Crippen molar-refractivity contribution in [3.05, 3.63) is 0 Å². The van der Waals surface area contributed by atoms with Crippen LogP contribution in [0, 0.1) is 12.3 Å². The number of hydrogen-bond donors (Lipinski definition) is 3. The van der Waals surface area contributed by atoms with Crippen molar-refractivity contribution in [3.63, 3.8) is 0 Å². The van der Waals surface area contributed by atoms with E-state index in [0.717, 1.165) is 45.8 Å². The highest BCUT2D eigenvalue weighted by Crippen LogP contribution is 1.97. The molecule has 7 heteroatoms. The standard InChI is InChI=1S/C13H23N5O2/c1-2-4-15-12(19)11-17-13(14)16-5-3-6-18-7-9-20-10-8-18/h1H,3-11H2,(H,15,19)(H3,14,16,17). The number of terminal acetylenes is 1. The average molecular weight is 281 g/mol. The second kappa shape index (κ2) is 10.1. The molecule has 1 aliphatic heterocycles. The molecule has 1 aliphatic rings. The van der Waals surface area contributed by atoms with E-state index >= 15 is 0 Å². The fraction of sp³-hybridized carbons (Fsp3) is 0.692. The molecule has 0 bridgehead atoms. The molecular formula is C13H23N5O2. The minimum atomic E-state index is -0.235. The van der Waals surface area contributed by atoms with Gasteiger partial charge in [0.1, 0.15) is 6.54 Å². The van der Waals surface area contributed by atoms with Gasteiger partial charge in [0.05, 0.1) is 19.8 Å². The number of nitrogens with one attached hydrogen (secondary N) is 2. The molecule has 0 aromatic carbocycles. The third-order valence-electron chi connectivity index (χ3n) is 2.84. The maximum Gasteiger partial charge on any atom is 0.242 e. The van der Waals surface area contributed by atoms with E-state index in [9.17, 15) is 4.79 Å². The van der Waals surface area contributed by atoms with Gasteiger partial charge in [0.15, 0.2) is 5.96 Å². The van der Waals surface area contributed by atoms with E-state index < -0.39 is 0 Å². The van der Waals surface area contributed by atoms with Gasteiger partial charge in [-0.3, -0.25) is 9.69 Å². The zero-order valence-corrected chi connectivity index (χ0v) is 11.7. The molecular weight excluding hydrogens is 258 g/mol. The zero-order chi connectivity index (χ0) is 14.6. The van der Waals surface area contributed by atoms with E-state index in [1.165, 1.54) is 0 Å². The number of morpholine rings is 1. The molecule has 0 radical (unpaired) electrons. The van der Waals surface area contributed by atoms with Crippen LogP contribution in [0.5, 0.6) is 0 Å². The van der Waals surface area contributed by atoms with Gasteiger partial charge in [0, 0.05) is 19.6 Å². The Morgan fingerprint density at radius 1 is 1.40 bits per heavy atom. The maximum absolute atomic E-state index is 11.2. The third-order valence-corrected chi connectivity index (χ3v) is 2.84. The lowest BCUT2D eigenvalue weighted by Gasteiger charge is -2.26. The highest BCUT2D eigenvalue weighted by atomic mass is 16.5. The van der Waals surface area contributed by atoms with Crippen LogP contribution in [0.3, 0.4) is 0 Å². The predicted molar refractivity (Wildman–Crippen MR) is 78.2 cm³/mol. The number of amides is 1. The molecule has 112 valence electrons. The first-order valence-electron chi connectivity index (χ1n) is 6.76. The largest absolute Gasteiger partial charge is 0.379 e. The van der Waals surface area contributed by atoms with Crippen LogP contribution in [0.4, 0.5) is 0 Å². The maximum atomic E-state index is 11.2. The number of rotatable bonds is 7. The lowest BCUT2D eigenvalue weighted by atomic mass is 10.3. The number of aliphatic imine (C=N–C) groups is 1. The van der Waals surface area contributed by atoms with E-state index in [1.807, 2.05) is 0 Å². The van der Waals surface area contributed by atoms with E-state index in [1.54, 1.807) is 0 Å². The summed E-state index contributed by atoms with van der Waals surface area (Å²) in [5.41, 5.74) is 5.65. The Morgan fingerprint density at radius 2 is 2.15 bits per heavy atom. The van der Waals surface area contributed by atoms with Gasteiger partial charge in [-0.2, -0.15) is 0 Å². The highest BCUT2D eigenvalue weighted by Gasteiger charge is 2.08. The first-order chi connectivity index (χ1) is 9.72. The molecule has 4 N–H and O–H groups in total. The summed E-state index contributed by atoms with van der Waals surface area (Å²) in [6.07, 6.45) is 6.00. The van der Waals surface area contributed by atoms with E-state index in [2.05, 4.69) is 26.4 Å². The molecule has 7 nitrogen and oxygen atoms in total. The normalized spacial score (nSPS) is 16.4. The first kappa shape index (κ1) is 16.3. The Bertz CT molecular complexity index is 358. The molecule has 1 saturated heterocycles. The molecule has 1 rings (SSSR count). The summed E-state index contributed by atoms with van der Waals surface area (Å²) < 4.78 is 5.28. The number of guanidine groups is 1. The van der Waals surface area contributed by atoms with Crippen LogP contribution in [0.1, 0.15) is 6.42 Å². The van der Waals surface area contributed by atoms with Crippen LogP contribution >= 0.6 is 0 Å². The van der Waals surface area contributed by atoms with Crippen LogP contribution in [-0.4, -0.2) is 69.2 Å². The number of carbonyl (C=O) groups excluding carboxylic acids is 1. The molecule has 0 unspecified atom stereocenters. The summed E-state index contributed by atoms with van der Waals surface area (Å²) in [6.45, 7) is 5.53. The van der Waals surface area contributed by atoms with Gasteiger partial charge in [0.25, 0.3) is 0 Å². The van der Waals surface area contributed by atoms with E-state index in [4.69, 9.17) is 16.9 Å². The molecule has 1 fully saturated rings. The minimum absolute atomic E-state index is 0.00994. The molecule has 0 aromatic heterocycles. The SMILES string of the molecule is C#CCNC(=O)CN=C(N)NCCCN1CCOCC1. The van der Waals surface area contributed by atoms with Crippen molar-refractivity contribution in [1.29, 1.82) is 0 Å². The van der Waals surface area contributed by atoms with Crippen LogP contribution < -0.4 is 16.4 Å². The molecule has 0 spiro atoms. The second-order valence-corrected chi connectivity index (χ2v) is 4.42. The molecule has 1 heterocycles. The van der Waals surface area contributed by atoms with Gasteiger partial charge >= 0.3 is 0 Å². The van der Waals surface area contributed by atoms with Gasteiger partial charge in [0.2, 0.25) is 5.91 Å². The Kier molecular flexibility index (Phi) is 8.19. The average Bonchev–Trinajstić information content (AvgIpc) is 2.48. The molecule has 20 heavy (non-hydrogen) atoms. The monoisotopic (exact) mass is 281 g/mol. The van der Waals surface area contributed by atoms with Crippen molar-refractivity contribution in [1.82, 2.24) is 15.5 Å². The Labute approximate surface area is 119 Å². The lowest BCUT2D eigenvalue weighted by molar-refractivity contribution is -0.119. The van der Waals surface area contributed by atoms with Crippen molar-refractivity contribution in [2.75, 3.05) is 52.5 Å². The summed E-state index contributed by atoms with van der Waals surface area (Å²) in [7, 11) is 0. The second-order valence-electron chi connectivity index (χ2n) is 4.42.